The Morgan fingerprint density at radius 2 is 1.81 bits per heavy atom. The zero-order valence-electron chi connectivity index (χ0n) is 22.1. The minimum Gasteiger partial charge on any atom is -0.494 e. The summed E-state index contributed by atoms with van der Waals surface area (Å²) in [7, 11) is 1.94. The van der Waals surface area contributed by atoms with E-state index in [9.17, 15) is 4.79 Å². The maximum absolute atomic E-state index is 13.3. The number of benzene rings is 2. The highest BCUT2D eigenvalue weighted by molar-refractivity contribution is 6.35. The van der Waals surface area contributed by atoms with Gasteiger partial charge in [0.1, 0.15) is 11.4 Å². The molecule has 8 heteroatoms. The summed E-state index contributed by atoms with van der Waals surface area (Å²) in [6.45, 7) is 11.3. The number of halogens is 2. The highest BCUT2D eigenvalue weighted by atomic mass is 35.5. The molecule has 5 rings (SSSR count). The first-order valence-electron chi connectivity index (χ1n) is 12.6. The van der Waals surface area contributed by atoms with Gasteiger partial charge in [-0.05, 0) is 82.3 Å². The average molecular weight is 540 g/mol. The Morgan fingerprint density at radius 1 is 1.11 bits per heavy atom. The summed E-state index contributed by atoms with van der Waals surface area (Å²) in [4.78, 5) is 13.3. The Kier molecular flexibility index (Phi) is 6.75. The van der Waals surface area contributed by atoms with E-state index in [-0.39, 0.29) is 11.9 Å². The zero-order valence-corrected chi connectivity index (χ0v) is 23.6. The Hall–Kier alpha value is -2.96. The lowest BCUT2D eigenvalue weighted by atomic mass is 9.98. The van der Waals surface area contributed by atoms with Crippen LogP contribution >= 0.6 is 23.2 Å². The molecule has 0 saturated heterocycles. The van der Waals surface area contributed by atoms with E-state index in [1.165, 1.54) is 0 Å². The lowest BCUT2D eigenvalue weighted by Crippen LogP contribution is -2.42. The lowest BCUT2D eigenvalue weighted by molar-refractivity contribution is 0.0906. The van der Waals surface area contributed by atoms with Crippen LogP contribution in [0.4, 0.5) is 0 Å². The third-order valence-electron chi connectivity index (χ3n) is 7.34. The molecule has 0 fully saturated rings. The molecule has 0 bridgehead atoms. The van der Waals surface area contributed by atoms with Gasteiger partial charge in [-0.25, -0.2) is 0 Å². The lowest BCUT2D eigenvalue weighted by Gasteiger charge is -2.24. The van der Waals surface area contributed by atoms with Crippen LogP contribution in [-0.2, 0) is 20.0 Å². The maximum atomic E-state index is 13.3. The molecule has 1 N–H and O–H groups in total. The molecule has 0 unspecified atom stereocenters. The summed E-state index contributed by atoms with van der Waals surface area (Å²) in [6, 6.07) is 7.94. The van der Waals surface area contributed by atoms with Crippen LogP contribution in [0, 0.1) is 27.7 Å². The van der Waals surface area contributed by atoms with Crippen LogP contribution < -0.4 is 10.1 Å². The summed E-state index contributed by atoms with van der Waals surface area (Å²) >= 11 is 13.2. The highest BCUT2D eigenvalue weighted by Crippen LogP contribution is 2.42. The van der Waals surface area contributed by atoms with Crippen LogP contribution in [-0.4, -0.2) is 32.9 Å². The van der Waals surface area contributed by atoms with Crippen molar-refractivity contribution in [1.29, 1.82) is 0 Å². The topological polar surface area (TPSA) is 61.1 Å². The molecule has 6 nitrogen and oxygen atoms in total. The van der Waals surface area contributed by atoms with E-state index in [2.05, 4.69) is 21.9 Å². The van der Waals surface area contributed by atoms with Gasteiger partial charge in [-0.15, -0.1) is 0 Å². The number of nitrogens with zero attached hydrogens (tertiary/aromatic N) is 3. The quantitative estimate of drug-likeness (QED) is 0.277. The number of hydrogen-bond donors (Lipinski definition) is 1. The molecule has 0 saturated carbocycles. The van der Waals surface area contributed by atoms with Crippen molar-refractivity contribution < 1.29 is 9.53 Å². The maximum Gasteiger partial charge on any atom is 0.268 e. The number of hydrogen-bond acceptors (Lipinski definition) is 3. The van der Waals surface area contributed by atoms with E-state index in [0.717, 1.165) is 67.3 Å². The molecular weight excluding hydrogens is 507 g/mol. The standard InChI is InChI=1S/C29H32Cl2N4O2/c1-15-12-20(13-16(2)26(15)31)37-11-7-8-21-22-9-10-23(30)25(24-18(4)33-34(6)19(24)5)27(22)35-14-17(3)32-29(36)28(21)35/h9-10,12-13,17H,7-8,11,14H2,1-6H3,(H,32,36)/t17-/m1/s1. The minimum absolute atomic E-state index is 0.0195. The van der Waals surface area contributed by atoms with Gasteiger partial charge in [0.2, 0.25) is 0 Å². The van der Waals surface area contributed by atoms with Gasteiger partial charge >= 0.3 is 0 Å². The fourth-order valence-corrected chi connectivity index (χ4v) is 5.96. The molecule has 1 atom stereocenters. The molecule has 3 heterocycles. The number of ether oxygens (including phenoxy) is 1. The number of carbonyl (C=O) groups is 1. The zero-order chi connectivity index (χ0) is 26.6. The number of carbonyl (C=O) groups excluding carboxylic acids is 1. The van der Waals surface area contributed by atoms with Gasteiger partial charge in [0.15, 0.2) is 0 Å². The minimum atomic E-state index is -0.0449. The van der Waals surface area contributed by atoms with Crippen molar-refractivity contribution in [3.8, 4) is 16.9 Å². The third kappa shape index (κ3) is 4.40. The molecule has 2 aromatic carbocycles. The Morgan fingerprint density at radius 3 is 2.46 bits per heavy atom. The van der Waals surface area contributed by atoms with Crippen LogP contribution in [0.5, 0.6) is 5.75 Å². The predicted octanol–water partition coefficient (Wildman–Crippen LogP) is 6.73. The smallest absolute Gasteiger partial charge is 0.268 e. The van der Waals surface area contributed by atoms with Gasteiger partial charge in [0, 0.05) is 46.9 Å². The van der Waals surface area contributed by atoms with Gasteiger partial charge in [-0.3, -0.25) is 9.48 Å². The second-order valence-electron chi connectivity index (χ2n) is 10.1. The summed E-state index contributed by atoms with van der Waals surface area (Å²) in [5.74, 6) is 0.767. The molecule has 0 spiro atoms. The van der Waals surface area contributed by atoms with Crippen molar-refractivity contribution >= 4 is 40.0 Å². The molecule has 194 valence electrons. The molecule has 1 aliphatic rings. The summed E-state index contributed by atoms with van der Waals surface area (Å²) < 4.78 is 10.1. The molecule has 0 aliphatic carbocycles. The van der Waals surface area contributed by atoms with E-state index in [0.29, 0.717) is 30.3 Å². The van der Waals surface area contributed by atoms with E-state index >= 15 is 0 Å². The number of amides is 1. The van der Waals surface area contributed by atoms with Crippen LogP contribution in [0.2, 0.25) is 10.0 Å². The highest BCUT2D eigenvalue weighted by Gasteiger charge is 2.31. The second kappa shape index (κ2) is 9.73. The van der Waals surface area contributed by atoms with Crippen molar-refractivity contribution in [2.24, 2.45) is 7.05 Å². The monoisotopic (exact) mass is 538 g/mol. The average Bonchev–Trinajstić information content (AvgIpc) is 3.28. The molecule has 1 amide bonds. The van der Waals surface area contributed by atoms with Crippen molar-refractivity contribution in [1.82, 2.24) is 19.7 Å². The van der Waals surface area contributed by atoms with Crippen molar-refractivity contribution in [3.63, 3.8) is 0 Å². The molecule has 1 aliphatic heterocycles. The Bertz CT molecular complexity index is 1530. The first-order chi connectivity index (χ1) is 17.6. The van der Waals surface area contributed by atoms with E-state index in [1.54, 1.807) is 0 Å². The number of aryl methyl sites for hydroxylation is 5. The number of nitrogens with one attached hydrogen (secondary N) is 1. The number of aromatic nitrogens is 3. The largest absolute Gasteiger partial charge is 0.494 e. The first kappa shape index (κ1) is 25.7. The molecule has 37 heavy (non-hydrogen) atoms. The predicted molar refractivity (Wildman–Crippen MR) is 150 cm³/mol. The van der Waals surface area contributed by atoms with Crippen LogP contribution in [0.3, 0.4) is 0 Å². The van der Waals surface area contributed by atoms with Crippen LogP contribution in [0.15, 0.2) is 24.3 Å². The second-order valence-corrected chi connectivity index (χ2v) is 10.9. The molecular formula is C29H32Cl2N4O2. The molecule has 2 aromatic heterocycles. The van der Waals surface area contributed by atoms with Gasteiger partial charge in [-0.1, -0.05) is 29.3 Å². The Labute approximate surface area is 227 Å². The van der Waals surface area contributed by atoms with Crippen molar-refractivity contribution in [2.75, 3.05) is 6.61 Å². The Balaban J connectivity index is 1.56. The van der Waals surface area contributed by atoms with E-state index in [4.69, 9.17) is 27.9 Å². The summed E-state index contributed by atoms with van der Waals surface area (Å²) in [5, 5.41) is 10.2. The van der Waals surface area contributed by atoms with Gasteiger partial charge in [0.05, 0.1) is 22.8 Å². The fourth-order valence-electron chi connectivity index (χ4n) is 5.60. The first-order valence-corrected chi connectivity index (χ1v) is 13.4. The third-order valence-corrected chi connectivity index (χ3v) is 8.25. The SMILES string of the molecule is Cc1cc(OCCCc2c3n(c4c(-c5c(C)nn(C)c5C)c(Cl)ccc24)C[C@@H](C)NC3=O)cc(C)c1Cl. The van der Waals surface area contributed by atoms with E-state index in [1.807, 2.05) is 63.7 Å². The van der Waals surface area contributed by atoms with Gasteiger partial charge in [-0.2, -0.15) is 5.10 Å². The van der Waals surface area contributed by atoms with Crippen molar-refractivity contribution in [3.05, 3.63) is 68.1 Å². The van der Waals surface area contributed by atoms with Crippen molar-refractivity contribution in [2.45, 2.75) is 60.0 Å². The number of rotatable bonds is 6. The van der Waals surface area contributed by atoms with E-state index < -0.39 is 0 Å². The van der Waals surface area contributed by atoms with Crippen LogP contribution in [0.1, 0.15) is 51.9 Å². The summed E-state index contributed by atoms with van der Waals surface area (Å²) in [6.07, 6.45) is 1.47. The molecule has 0 radical (unpaired) electrons. The van der Waals surface area contributed by atoms with Gasteiger partial charge < -0.3 is 14.6 Å². The summed E-state index contributed by atoms with van der Waals surface area (Å²) in [5.41, 5.74) is 8.68. The normalized spacial score (nSPS) is 15.2. The number of fused-ring (bicyclic) bond motifs is 3. The fraction of sp³-hybridized carbons (Fsp3) is 0.379. The van der Waals surface area contributed by atoms with Crippen LogP contribution in [0.25, 0.3) is 22.0 Å². The molecule has 4 aromatic rings. The van der Waals surface area contributed by atoms with Gasteiger partial charge in [0.25, 0.3) is 5.91 Å².